The summed E-state index contributed by atoms with van der Waals surface area (Å²) >= 11 is 1.74. The zero-order valence-electron chi connectivity index (χ0n) is 9.93. The third-order valence-corrected chi connectivity index (χ3v) is 3.80. The normalized spacial score (nSPS) is 14.8. The molecule has 16 heavy (non-hydrogen) atoms. The fourth-order valence-corrected chi connectivity index (χ4v) is 2.38. The largest absolute Gasteiger partial charge is 0.293 e. The van der Waals surface area contributed by atoms with E-state index in [-0.39, 0.29) is 11.9 Å². The maximum absolute atomic E-state index is 11.4. The van der Waals surface area contributed by atoms with Crippen molar-refractivity contribution in [3.05, 3.63) is 22.4 Å². The fraction of sp³-hybridized carbons (Fsp3) is 0.545. The first kappa shape index (κ1) is 13.2. The van der Waals surface area contributed by atoms with Crippen molar-refractivity contribution in [2.75, 3.05) is 7.05 Å². The van der Waals surface area contributed by atoms with Crippen molar-refractivity contribution in [1.82, 2.24) is 10.3 Å². The van der Waals surface area contributed by atoms with Crippen LogP contribution in [0.3, 0.4) is 0 Å². The first-order chi connectivity index (χ1) is 7.56. The minimum absolute atomic E-state index is 0.152. The summed E-state index contributed by atoms with van der Waals surface area (Å²) < 4.78 is 0. The summed E-state index contributed by atoms with van der Waals surface area (Å²) in [6.45, 7) is 3.97. The van der Waals surface area contributed by atoms with E-state index in [0.29, 0.717) is 6.04 Å². The second-order valence-electron chi connectivity index (χ2n) is 3.98. The van der Waals surface area contributed by atoms with Crippen molar-refractivity contribution >= 4 is 17.2 Å². The van der Waals surface area contributed by atoms with Gasteiger partial charge in [0.1, 0.15) is 0 Å². The van der Waals surface area contributed by atoms with Crippen LogP contribution in [0.5, 0.6) is 0 Å². The molecular weight excluding hydrogens is 222 g/mol. The van der Waals surface area contributed by atoms with E-state index >= 15 is 0 Å². The number of nitrogens with one attached hydrogen (secondary N) is 1. The van der Waals surface area contributed by atoms with Gasteiger partial charge in [-0.1, -0.05) is 6.07 Å². The van der Waals surface area contributed by atoms with E-state index < -0.39 is 0 Å². The highest BCUT2D eigenvalue weighted by molar-refractivity contribution is 7.09. The lowest BCUT2D eigenvalue weighted by atomic mass is 10.1. The molecular formula is C11H19N3OS. The maximum Gasteiger partial charge on any atom is 0.250 e. The number of hydrogen-bond donors (Lipinski definition) is 2. The highest BCUT2D eigenvalue weighted by Crippen LogP contribution is 2.14. The van der Waals surface area contributed by atoms with Crippen molar-refractivity contribution in [2.24, 2.45) is 5.84 Å². The van der Waals surface area contributed by atoms with Crippen molar-refractivity contribution in [1.29, 1.82) is 0 Å². The van der Waals surface area contributed by atoms with Crippen LogP contribution in [0.1, 0.15) is 18.7 Å². The lowest BCUT2D eigenvalue weighted by Crippen LogP contribution is -2.49. The monoisotopic (exact) mass is 241 g/mol. The molecule has 0 spiro atoms. The molecule has 90 valence electrons. The number of amides is 1. The van der Waals surface area contributed by atoms with Gasteiger partial charge in [-0.15, -0.1) is 11.3 Å². The van der Waals surface area contributed by atoms with Gasteiger partial charge >= 0.3 is 0 Å². The summed E-state index contributed by atoms with van der Waals surface area (Å²) in [5.41, 5.74) is 2.18. The number of thiophene rings is 1. The Kier molecular flexibility index (Phi) is 4.92. The van der Waals surface area contributed by atoms with E-state index in [0.717, 1.165) is 6.42 Å². The molecule has 1 rings (SSSR count). The van der Waals surface area contributed by atoms with Crippen molar-refractivity contribution in [2.45, 2.75) is 32.4 Å². The fourth-order valence-electron chi connectivity index (χ4n) is 1.55. The maximum atomic E-state index is 11.4. The summed E-state index contributed by atoms with van der Waals surface area (Å²) in [5, 5.41) is 2.07. The van der Waals surface area contributed by atoms with Crippen LogP contribution in [0, 0.1) is 0 Å². The van der Waals surface area contributed by atoms with Gasteiger partial charge in [0.15, 0.2) is 0 Å². The number of likely N-dealkylation sites (N-methyl/N-ethyl adjacent to an activating group) is 1. The van der Waals surface area contributed by atoms with E-state index in [9.17, 15) is 4.79 Å². The summed E-state index contributed by atoms with van der Waals surface area (Å²) in [6.07, 6.45) is 0.955. The minimum atomic E-state index is -0.208. The molecule has 3 N–H and O–H groups in total. The summed E-state index contributed by atoms with van der Waals surface area (Å²) in [7, 11) is 1.94. The molecule has 0 bridgehead atoms. The third kappa shape index (κ3) is 3.30. The van der Waals surface area contributed by atoms with Crippen LogP contribution in [0.2, 0.25) is 0 Å². The summed E-state index contributed by atoms with van der Waals surface area (Å²) in [4.78, 5) is 14.7. The molecule has 1 amide bonds. The van der Waals surface area contributed by atoms with E-state index in [2.05, 4.69) is 23.8 Å². The van der Waals surface area contributed by atoms with Crippen LogP contribution in [0.25, 0.3) is 0 Å². The Morgan fingerprint density at radius 1 is 1.62 bits per heavy atom. The van der Waals surface area contributed by atoms with Gasteiger partial charge in [0.2, 0.25) is 0 Å². The Morgan fingerprint density at radius 3 is 2.81 bits per heavy atom. The lowest BCUT2D eigenvalue weighted by molar-refractivity contribution is -0.126. The molecule has 1 heterocycles. The van der Waals surface area contributed by atoms with E-state index in [1.165, 1.54) is 4.88 Å². The van der Waals surface area contributed by atoms with Crippen LogP contribution >= 0.6 is 11.3 Å². The van der Waals surface area contributed by atoms with Crippen LogP contribution < -0.4 is 11.3 Å². The number of nitrogens with two attached hydrogens (primary N) is 1. The van der Waals surface area contributed by atoms with Gasteiger partial charge in [0.25, 0.3) is 5.91 Å². The molecule has 2 atom stereocenters. The van der Waals surface area contributed by atoms with Gasteiger partial charge < -0.3 is 0 Å². The van der Waals surface area contributed by atoms with Gasteiger partial charge in [0, 0.05) is 10.9 Å². The molecule has 1 aromatic rings. The zero-order valence-corrected chi connectivity index (χ0v) is 10.8. The topological polar surface area (TPSA) is 58.4 Å². The van der Waals surface area contributed by atoms with Crippen LogP contribution in [-0.4, -0.2) is 29.9 Å². The molecule has 0 radical (unpaired) electrons. The first-order valence-electron chi connectivity index (χ1n) is 5.31. The Bertz CT molecular complexity index is 326. The Morgan fingerprint density at radius 2 is 2.31 bits per heavy atom. The van der Waals surface area contributed by atoms with Crippen LogP contribution in [-0.2, 0) is 11.2 Å². The predicted octanol–water partition coefficient (Wildman–Crippen LogP) is 0.989. The third-order valence-electron chi connectivity index (χ3n) is 2.90. The summed E-state index contributed by atoms with van der Waals surface area (Å²) in [6, 6.07) is 4.26. The molecule has 1 aromatic heterocycles. The average molecular weight is 241 g/mol. The smallest absolute Gasteiger partial charge is 0.250 e. The standard InChI is InChI=1S/C11H19N3OS/c1-8(7-10-5-4-6-16-10)14(3)9(2)11(15)13-12/h4-6,8-9H,7,12H2,1-3H3,(H,13,15). The highest BCUT2D eigenvalue weighted by Gasteiger charge is 2.21. The Balaban J connectivity index is 2.53. The lowest BCUT2D eigenvalue weighted by Gasteiger charge is -2.29. The number of rotatable bonds is 5. The van der Waals surface area contributed by atoms with E-state index in [1.54, 1.807) is 11.3 Å². The molecule has 0 saturated heterocycles. The van der Waals surface area contributed by atoms with Crippen LogP contribution in [0.15, 0.2) is 17.5 Å². The minimum Gasteiger partial charge on any atom is -0.293 e. The molecule has 0 aliphatic rings. The average Bonchev–Trinajstić information content (AvgIpc) is 2.78. The highest BCUT2D eigenvalue weighted by atomic mass is 32.1. The Hall–Kier alpha value is -0.910. The van der Waals surface area contributed by atoms with Crippen LogP contribution in [0.4, 0.5) is 0 Å². The van der Waals surface area contributed by atoms with Gasteiger partial charge in [-0.3, -0.25) is 15.1 Å². The second-order valence-corrected chi connectivity index (χ2v) is 5.01. The van der Waals surface area contributed by atoms with Gasteiger partial charge in [-0.05, 0) is 38.8 Å². The van der Waals surface area contributed by atoms with Gasteiger partial charge in [0.05, 0.1) is 6.04 Å². The quantitative estimate of drug-likeness (QED) is 0.459. The molecule has 4 nitrogen and oxygen atoms in total. The molecule has 2 unspecified atom stereocenters. The molecule has 0 saturated carbocycles. The summed E-state index contributed by atoms with van der Waals surface area (Å²) in [5.74, 6) is 4.97. The number of hydrazine groups is 1. The SMILES string of the molecule is CC(Cc1cccs1)N(C)C(C)C(=O)NN. The Labute approximate surface area is 100 Å². The number of carbonyl (C=O) groups is 1. The van der Waals surface area contributed by atoms with Crippen molar-refractivity contribution < 1.29 is 4.79 Å². The second kappa shape index (κ2) is 5.98. The number of carbonyl (C=O) groups excluding carboxylic acids is 1. The first-order valence-corrected chi connectivity index (χ1v) is 6.19. The molecule has 0 fully saturated rings. The predicted molar refractivity (Wildman–Crippen MR) is 67.0 cm³/mol. The molecule has 0 aromatic carbocycles. The van der Waals surface area contributed by atoms with E-state index in [1.807, 2.05) is 24.9 Å². The van der Waals surface area contributed by atoms with Gasteiger partial charge in [-0.2, -0.15) is 0 Å². The molecule has 5 heteroatoms. The van der Waals surface area contributed by atoms with Gasteiger partial charge in [-0.25, -0.2) is 5.84 Å². The number of nitrogens with zero attached hydrogens (tertiary/aromatic N) is 1. The van der Waals surface area contributed by atoms with Crippen molar-refractivity contribution in [3.63, 3.8) is 0 Å². The zero-order chi connectivity index (χ0) is 12.1. The van der Waals surface area contributed by atoms with Crippen molar-refractivity contribution in [3.8, 4) is 0 Å². The molecule has 0 aliphatic heterocycles. The molecule has 0 aliphatic carbocycles. The van der Waals surface area contributed by atoms with E-state index in [4.69, 9.17) is 5.84 Å². The number of hydrogen-bond acceptors (Lipinski definition) is 4.